The van der Waals surface area contributed by atoms with Gasteiger partial charge in [0.2, 0.25) is 0 Å². The molecule has 1 aliphatic heterocycles. The van der Waals surface area contributed by atoms with E-state index in [9.17, 15) is 9.59 Å². The molecule has 2 aromatic rings. The normalized spacial score (nSPS) is 14.9. The standard InChI is InChI=1S/C21H26N4O2/c1-4-24-9-11-25(12-10-24)21(27)17-7-8-22-19(14-17)20(26)23-18-13-15(2)5-6-16(18)3/h5-8,13-14H,4,9-12H2,1-3H3,(H,23,26). The molecule has 0 atom stereocenters. The highest BCUT2D eigenvalue weighted by Crippen LogP contribution is 2.17. The molecule has 1 aliphatic rings. The van der Waals surface area contributed by atoms with Crippen molar-refractivity contribution in [1.29, 1.82) is 0 Å². The number of aromatic nitrogens is 1. The average Bonchev–Trinajstić information content (AvgIpc) is 2.70. The van der Waals surface area contributed by atoms with Crippen LogP contribution in [0.5, 0.6) is 0 Å². The van der Waals surface area contributed by atoms with E-state index < -0.39 is 0 Å². The molecule has 0 aliphatic carbocycles. The van der Waals surface area contributed by atoms with Gasteiger partial charge in [0.25, 0.3) is 11.8 Å². The summed E-state index contributed by atoms with van der Waals surface area (Å²) >= 11 is 0. The molecule has 2 heterocycles. The molecular formula is C21H26N4O2. The Kier molecular flexibility index (Phi) is 5.86. The lowest BCUT2D eigenvalue weighted by Gasteiger charge is -2.34. The summed E-state index contributed by atoms with van der Waals surface area (Å²) in [5.41, 5.74) is 3.55. The zero-order valence-corrected chi connectivity index (χ0v) is 16.2. The molecule has 2 amide bonds. The lowest BCUT2D eigenvalue weighted by atomic mass is 10.1. The van der Waals surface area contributed by atoms with Crippen LogP contribution in [0.1, 0.15) is 38.9 Å². The number of hydrogen-bond acceptors (Lipinski definition) is 4. The van der Waals surface area contributed by atoms with E-state index in [1.807, 2.05) is 36.9 Å². The third-order valence-electron chi connectivity index (χ3n) is 4.99. The van der Waals surface area contributed by atoms with Crippen molar-refractivity contribution in [1.82, 2.24) is 14.8 Å². The minimum atomic E-state index is -0.311. The van der Waals surface area contributed by atoms with Gasteiger partial charge in [-0.15, -0.1) is 0 Å². The van der Waals surface area contributed by atoms with Gasteiger partial charge in [0.05, 0.1) is 0 Å². The molecule has 0 spiro atoms. The van der Waals surface area contributed by atoms with E-state index in [-0.39, 0.29) is 17.5 Å². The van der Waals surface area contributed by atoms with E-state index >= 15 is 0 Å². The molecule has 0 unspecified atom stereocenters. The molecule has 1 saturated heterocycles. The van der Waals surface area contributed by atoms with E-state index in [0.29, 0.717) is 18.7 Å². The predicted octanol–water partition coefficient (Wildman–Crippen LogP) is 2.73. The number of aryl methyl sites for hydroxylation is 2. The number of nitrogens with one attached hydrogen (secondary N) is 1. The summed E-state index contributed by atoms with van der Waals surface area (Å²) in [6.07, 6.45) is 1.52. The van der Waals surface area contributed by atoms with Crippen LogP contribution in [-0.4, -0.2) is 59.3 Å². The third kappa shape index (κ3) is 4.52. The molecule has 0 radical (unpaired) electrons. The Morgan fingerprint density at radius 2 is 1.81 bits per heavy atom. The number of piperazine rings is 1. The highest BCUT2D eigenvalue weighted by atomic mass is 16.2. The van der Waals surface area contributed by atoms with Gasteiger partial charge >= 0.3 is 0 Å². The first-order valence-corrected chi connectivity index (χ1v) is 9.34. The monoisotopic (exact) mass is 366 g/mol. The molecule has 6 nitrogen and oxygen atoms in total. The second kappa shape index (κ2) is 8.31. The minimum absolute atomic E-state index is 0.0473. The van der Waals surface area contributed by atoms with Gasteiger partial charge in [0, 0.05) is 43.6 Å². The fourth-order valence-corrected chi connectivity index (χ4v) is 3.19. The van der Waals surface area contributed by atoms with Crippen LogP contribution < -0.4 is 5.32 Å². The van der Waals surface area contributed by atoms with Crippen LogP contribution in [0.25, 0.3) is 0 Å². The third-order valence-corrected chi connectivity index (χ3v) is 4.99. The first kappa shape index (κ1) is 19.0. The largest absolute Gasteiger partial charge is 0.336 e. The van der Waals surface area contributed by atoms with E-state index in [1.165, 1.54) is 6.20 Å². The number of rotatable bonds is 4. The summed E-state index contributed by atoms with van der Waals surface area (Å²) < 4.78 is 0. The summed E-state index contributed by atoms with van der Waals surface area (Å²) in [5.74, 6) is -0.358. The van der Waals surface area contributed by atoms with E-state index in [1.54, 1.807) is 12.1 Å². The van der Waals surface area contributed by atoms with Gasteiger partial charge in [0.1, 0.15) is 5.69 Å². The summed E-state index contributed by atoms with van der Waals surface area (Å²) in [6, 6.07) is 9.14. The highest BCUT2D eigenvalue weighted by molar-refractivity contribution is 6.05. The zero-order chi connectivity index (χ0) is 19.4. The molecule has 1 N–H and O–H groups in total. The van der Waals surface area contributed by atoms with Crippen molar-refractivity contribution < 1.29 is 9.59 Å². The fraction of sp³-hybridized carbons (Fsp3) is 0.381. The molecule has 0 saturated carbocycles. The van der Waals surface area contributed by atoms with Crippen LogP contribution in [0, 0.1) is 13.8 Å². The van der Waals surface area contributed by atoms with Crippen molar-refractivity contribution in [2.24, 2.45) is 0 Å². The van der Waals surface area contributed by atoms with Gasteiger partial charge in [-0.25, -0.2) is 0 Å². The van der Waals surface area contributed by atoms with Crippen molar-refractivity contribution in [2.45, 2.75) is 20.8 Å². The highest BCUT2D eigenvalue weighted by Gasteiger charge is 2.22. The summed E-state index contributed by atoms with van der Waals surface area (Å²) in [7, 11) is 0. The average molecular weight is 366 g/mol. The van der Waals surface area contributed by atoms with E-state index in [0.717, 1.165) is 36.4 Å². The number of carbonyl (C=O) groups excluding carboxylic acids is 2. The molecule has 27 heavy (non-hydrogen) atoms. The zero-order valence-electron chi connectivity index (χ0n) is 16.2. The van der Waals surface area contributed by atoms with Gasteiger partial charge in [-0.05, 0) is 49.7 Å². The molecule has 6 heteroatoms. The van der Waals surface area contributed by atoms with E-state index in [2.05, 4.69) is 22.1 Å². The summed E-state index contributed by atoms with van der Waals surface area (Å²) in [5, 5.41) is 2.89. The van der Waals surface area contributed by atoms with Gasteiger partial charge in [-0.3, -0.25) is 14.6 Å². The van der Waals surface area contributed by atoms with Crippen molar-refractivity contribution in [3.8, 4) is 0 Å². The number of anilines is 1. The SMILES string of the molecule is CCN1CCN(C(=O)c2ccnc(C(=O)Nc3cc(C)ccc3C)c2)CC1. The molecule has 1 aromatic heterocycles. The van der Waals surface area contributed by atoms with Crippen LogP contribution in [0.2, 0.25) is 0 Å². The van der Waals surface area contributed by atoms with Crippen molar-refractivity contribution in [3.63, 3.8) is 0 Å². The first-order chi connectivity index (χ1) is 13.0. The molecular weight excluding hydrogens is 340 g/mol. The van der Waals surface area contributed by atoms with Crippen molar-refractivity contribution in [3.05, 3.63) is 58.9 Å². The number of carbonyl (C=O) groups is 2. The van der Waals surface area contributed by atoms with Crippen molar-refractivity contribution in [2.75, 3.05) is 38.0 Å². The number of pyridine rings is 1. The van der Waals surface area contributed by atoms with Gasteiger partial charge in [-0.1, -0.05) is 19.1 Å². The fourth-order valence-electron chi connectivity index (χ4n) is 3.19. The van der Waals surface area contributed by atoms with Crippen LogP contribution >= 0.6 is 0 Å². The van der Waals surface area contributed by atoms with Gasteiger partial charge in [-0.2, -0.15) is 0 Å². The Labute approximate surface area is 160 Å². The molecule has 1 aromatic carbocycles. The number of benzene rings is 1. The second-order valence-corrected chi connectivity index (χ2v) is 6.93. The number of amides is 2. The van der Waals surface area contributed by atoms with Crippen LogP contribution in [0.3, 0.4) is 0 Å². The molecule has 0 bridgehead atoms. The smallest absolute Gasteiger partial charge is 0.274 e. The maximum absolute atomic E-state index is 12.8. The summed E-state index contributed by atoms with van der Waals surface area (Å²) in [4.78, 5) is 33.7. The molecule has 3 rings (SSSR count). The molecule has 142 valence electrons. The second-order valence-electron chi connectivity index (χ2n) is 6.93. The van der Waals surface area contributed by atoms with Gasteiger partial charge < -0.3 is 15.1 Å². The Morgan fingerprint density at radius 1 is 1.07 bits per heavy atom. The topological polar surface area (TPSA) is 65.5 Å². The summed E-state index contributed by atoms with van der Waals surface area (Å²) in [6.45, 7) is 10.2. The maximum Gasteiger partial charge on any atom is 0.274 e. The van der Waals surface area contributed by atoms with Gasteiger partial charge in [0.15, 0.2) is 0 Å². The van der Waals surface area contributed by atoms with Crippen molar-refractivity contribution >= 4 is 17.5 Å². The first-order valence-electron chi connectivity index (χ1n) is 9.34. The number of likely N-dealkylation sites (N-methyl/N-ethyl adjacent to an activating group) is 1. The van der Waals surface area contributed by atoms with Crippen LogP contribution in [0.15, 0.2) is 36.5 Å². The maximum atomic E-state index is 12.8. The van der Waals surface area contributed by atoms with Crippen LogP contribution in [0.4, 0.5) is 5.69 Å². The lowest BCUT2D eigenvalue weighted by molar-refractivity contribution is 0.0643. The number of nitrogens with zero attached hydrogens (tertiary/aromatic N) is 3. The van der Waals surface area contributed by atoms with Crippen LogP contribution in [-0.2, 0) is 0 Å². The Bertz CT molecular complexity index is 842. The molecule has 1 fully saturated rings. The Hall–Kier alpha value is -2.73. The predicted molar refractivity (Wildman–Crippen MR) is 106 cm³/mol. The quantitative estimate of drug-likeness (QED) is 0.904. The minimum Gasteiger partial charge on any atom is -0.336 e. The van der Waals surface area contributed by atoms with E-state index in [4.69, 9.17) is 0 Å². The Balaban J connectivity index is 1.72. The number of hydrogen-bond donors (Lipinski definition) is 1. The lowest BCUT2D eigenvalue weighted by Crippen LogP contribution is -2.48. The Morgan fingerprint density at radius 3 is 2.52 bits per heavy atom.